The first-order chi connectivity index (χ1) is 10.1. The maximum absolute atomic E-state index is 13.9. The van der Waals surface area contributed by atoms with Gasteiger partial charge in [-0.1, -0.05) is 41.0 Å². The highest BCUT2D eigenvalue weighted by Gasteiger charge is 2.06. The van der Waals surface area contributed by atoms with Gasteiger partial charge >= 0.3 is 0 Å². The molecular formula is C15H14ClFN2OS. The summed E-state index contributed by atoms with van der Waals surface area (Å²) < 4.78 is 13.9. The summed E-state index contributed by atoms with van der Waals surface area (Å²) in [7, 11) is 0. The average Bonchev–Trinajstić information content (AvgIpc) is 2.50. The quantitative estimate of drug-likeness (QED) is 0.378. The molecule has 0 aliphatic carbocycles. The van der Waals surface area contributed by atoms with Crippen LogP contribution in [0.1, 0.15) is 16.7 Å². The van der Waals surface area contributed by atoms with Gasteiger partial charge in [-0.3, -0.25) is 0 Å². The molecule has 110 valence electrons. The predicted molar refractivity (Wildman–Crippen MR) is 85.4 cm³/mol. The lowest BCUT2D eigenvalue weighted by Crippen LogP contribution is -2.13. The van der Waals surface area contributed by atoms with Crippen molar-refractivity contribution in [2.45, 2.75) is 11.5 Å². The molecule has 0 unspecified atom stereocenters. The minimum atomic E-state index is -0.359. The van der Waals surface area contributed by atoms with Crippen LogP contribution in [0.2, 0.25) is 5.02 Å². The van der Waals surface area contributed by atoms with E-state index in [4.69, 9.17) is 22.5 Å². The molecule has 3 nitrogen and oxygen atoms in total. The Bertz CT molecular complexity index is 647. The van der Waals surface area contributed by atoms with E-state index in [1.165, 1.54) is 6.07 Å². The molecule has 21 heavy (non-hydrogen) atoms. The van der Waals surface area contributed by atoms with E-state index in [2.05, 4.69) is 5.16 Å². The number of nitrogens with two attached hydrogens (primary N) is 1. The highest BCUT2D eigenvalue weighted by Crippen LogP contribution is 2.21. The van der Waals surface area contributed by atoms with Crippen LogP contribution in [-0.4, -0.2) is 11.0 Å². The van der Waals surface area contributed by atoms with Crippen molar-refractivity contribution in [3.63, 3.8) is 0 Å². The van der Waals surface area contributed by atoms with E-state index in [1.54, 1.807) is 23.9 Å². The normalized spacial score (nSPS) is 11.6. The molecule has 2 aromatic rings. The number of nitrogens with zero attached hydrogens (tertiary/aromatic N) is 1. The molecule has 0 atom stereocenters. The molecule has 0 saturated carbocycles. The monoisotopic (exact) mass is 324 g/mol. The summed E-state index contributed by atoms with van der Waals surface area (Å²) in [5.74, 6) is 0.862. The van der Waals surface area contributed by atoms with Crippen molar-refractivity contribution >= 4 is 29.2 Å². The zero-order chi connectivity index (χ0) is 15.2. The number of rotatable bonds is 5. The Balaban J connectivity index is 1.96. The van der Waals surface area contributed by atoms with Crippen LogP contribution in [0.25, 0.3) is 0 Å². The number of halogens is 2. The Morgan fingerprint density at radius 1 is 1.19 bits per heavy atom. The second-order valence-electron chi connectivity index (χ2n) is 4.41. The molecule has 0 amide bonds. The van der Waals surface area contributed by atoms with Crippen LogP contribution in [0, 0.1) is 5.82 Å². The largest absolute Gasteiger partial charge is 0.409 e. The molecule has 0 aromatic heterocycles. The van der Waals surface area contributed by atoms with E-state index in [0.29, 0.717) is 21.9 Å². The highest BCUT2D eigenvalue weighted by molar-refractivity contribution is 7.97. The van der Waals surface area contributed by atoms with Crippen molar-refractivity contribution in [1.82, 2.24) is 0 Å². The molecule has 0 aliphatic rings. The van der Waals surface area contributed by atoms with Crippen LogP contribution in [0.15, 0.2) is 47.6 Å². The zero-order valence-electron chi connectivity index (χ0n) is 11.1. The van der Waals surface area contributed by atoms with Gasteiger partial charge < -0.3 is 10.9 Å². The van der Waals surface area contributed by atoms with Gasteiger partial charge in [-0.25, -0.2) is 4.39 Å². The van der Waals surface area contributed by atoms with E-state index in [9.17, 15) is 4.39 Å². The number of benzene rings is 2. The van der Waals surface area contributed by atoms with Crippen LogP contribution in [-0.2, 0) is 11.5 Å². The summed E-state index contributed by atoms with van der Waals surface area (Å²) in [5, 5.41) is 12.1. The molecule has 0 saturated heterocycles. The number of amidine groups is 1. The second-order valence-corrected chi connectivity index (χ2v) is 5.83. The van der Waals surface area contributed by atoms with Crippen LogP contribution < -0.4 is 5.73 Å². The van der Waals surface area contributed by atoms with Crippen molar-refractivity contribution in [2.75, 3.05) is 0 Å². The Morgan fingerprint density at radius 2 is 1.90 bits per heavy atom. The lowest BCUT2D eigenvalue weighted by atomic mass is 10.1. The van der Waals surface area contributed by atoms with E-state index in [1.807, 2.05) is 24.3 Å². The molecule has 0 heterocycles. The molecule has 0 spiro atoms. The van der Waals surface area contributed by atoms with Gasteiger partial charge in [0.1, 0.15) is 5.82 Å². The van der Waals surface area contributed by atoms with E-state index < -0.39 is 0 Å². The van der Waals surface area contributed by atoms with Gasteiger partial charge in [0, 0.05) is 22.1 Å². The zero-order valence-corrected chi connectivity index (χ0v) is 12.7. The predicted octanol–water partition coefficient (Wildman–Crippen LogP) is 4.01. The Morgan fingerprint density at radius 3 is 2.52 bits per heavy atom. The number of hydrogen-bond acceptors (Lipinski definition) is 3. The summed E-state index contributed by atoms with van der Waals surface area (Å²) in [4.78, 5) is 0. The molecule has 2 rings (SSSR count). The van der Waals surface area contributed by atoms with Gasteiger partial charge in [0.2, 0.25) is 0 Å². The lowest BCUT2D eigenvalue weighted by molar-refractivity contribution is 0.318. The van der Waals surface area contributed by atoms with Gasteiger partial charge in [-0.2, -0.15) is 11.8 Å². The smallest absolute Gasteiger partial charge is 0.170 e. The second kappa shape index (κ2) is 7.33. The van der Waals surface area contributed by atoms with Crippen LogP contribution in [0.5, 0.6) is 0 Å². The molecule has 0 aliphatic heterocycles. The van der Waals surface area contributed by atoms with Crippen molar-refractivity contribution in [2.24, 2.45) is 10.9 Å². The van der Waals surface area contributed by atoms with Crippen molar-refractivity contribution in [3.05, 3.63) is 70.0 Å². The van der Waals surface area contributed by atoms with Crippen LogP contribution in [0.3, 0.4) is 0 Å². The maximum Gasteiger partial charge on any atom is 0.170 e. The fraction of sp³-hybridized carbons (Fsp3) is 0.133. The van der Waals surface area contributed by atoms with E-state index in [-0.39, 0.29) is 11.7 Å². The number of hydrogen-bond donors (Lipinski definition) is 2. The molecule has 3 N–H and O–H groups in total. The van der Waals surface area contributed by atoms with Crippen LogP contribution >= 0.6 is 23.4 Å². The minimum absolute atomic E-state index is 0.103. The van der Waals surface area contributed by atoms with Crippen molar-refractivity contribution < 1.29 is 9.60 Å². The van der Waals surface area contributed by atoms with Gasteiger partial charge in [0.25, 0.3) is 0 Å². The lowest BCUT2D eigenvalue weighted by Gasteiger charge is -2.06. The van der Waals surface area contributed by atoms with Crippen molar-refractivity contribution in [1.29, 1.82) is 0 Å². The minimum Gasteiger partial charge on any atom is -0.409 e. The summed E-state index contributed by atoms with van der Waals surface area (Å²) in [6, 6.07) is 12.1. The molecule has 6 heteroatoms. The highest BCUT2D eigenvalue weighted by atomic mass is 35.5. The molecule has 0 bridgehead atoms. The Labute approximate surface area is 131 Å². The van der Waals surface area contributed by atoms with Gasteiger partial charge in [-0.15, -0.1) is 0 Å². The Kier molecular flexibility index (Phi) is 5.47. The third-order valence-electron chi connectivity index (χ3n) is 2.90. The van der Waals surface area contributed by atoms with Crippen LogP contribution in [0.4, 0.5) is 4.39 Å². The number of thioether (sulfide) groups is 1. The third-order valence-corrected chi connectivity index (χ3v) is 4.20. The first-order valence-corrected chi connectivity index (χ1v) is 7.72. The van der Waals surface area contributed by atoms with Crippen molar-refractivity contribution in [3.8, 4) is 0 Å². The molecule has 0 radical (unpaired) electrons. The average molecular weight is 325 g/mol. The summed E-state index contributed by atoms with van der Waals surface area (Å²) in [5.41, 5.74) is 7.50. The van der Waals surface area contributed by atoms with Gasteiger partial charge in [0.05, 0.1) is 0 Å². The molecule has 2 aromatic carbocycles. The van der Waals surface area contributed by atoms with E-state index in [0.717, 1.165) is 11.3 Å². The standard InChI is InChI=1S/C15H14ClFN2OS/c16-13-5-1-10(2-6-13)8-21-9-12-4-3-11(7-14(12)17)15(18)19-20/h1-7,20H,8-9H2,(H2,18,19). The topological polar surface area (TPSA) is 58.6 Å². The van der Waals surface area contributed by atoms with E-state index >= 15 is 0 Å². The summed E-state index contributed by atoms with van der Waals surface area (Å²) in [6.07, 6.45) is 0. The fourth-order valence-electron chi connectivity index (χ4n) is 1.74. The summed E-state index contributed by atoms with van der Waals surface area (Å²) >= 11 is 7.43. The molecular weight excluding hydrogens is 311 g/mol. The third kappa shape index (κ3) is 4.37. The fourth-order valence-corrected chi connectivity index (χ4v) is 2.85. The van der Waals surface area contributed by atoms with Gasteiger partial charge in [0.15, 0.2) is 5.84 Å². The summed E-state index contributed by atoms with van der Waals surface area (Å²) in [6.45, 7) is 0. The Hall–Kier alpha value is -1.72. The van der Waals surface area contributed by atoms with Gasteiger partial charge in [-0.05, 0) is 29.3 Å². The molecule has 0 fully saturated rings. The first-order valence-electron chi connectivity index (χ1n) is 6.18. The maximum atomic E-state index is 13.9. The number of oxime groups is 1. The first kappa shape index (κ1) is 15.7. The SMILES string of the molecule is N/C(=N/O)c1ccc(CSCc2ccc(Cl)cc2)c(F)c1.